The lowest BCUT2D eigenvalue weighted by atomic mass is 10.2. The lowest BCUT2D eigenvalue weighted by Crippen LogP contribution is -2.16. The topological polar surface area (TPSA) is 95.6 Å². The smallest absolute Gasteiger partial charge is 0.356 e. The van der Waals surface area contributed by atoms with Gasteiger partial charge in [-0.3, -0.25) is 4.79 Å². The number of carbonyl (C=O) groups excluding carboxylic acids is 2. The third-order valence-corrected chi connectivity index (χ3v) is 6.82. The molecule has 1 N–H and O–H groups in total. The minimum atomic E-state index is -0.532. The van der Waals surface area contributed by atoms with Crippen LogP contribution in [0.2, 0.25) is 0 Å². The first kappa shape index (κ1) is 22.6. The van der Waals surface area contributed by atoms with E-state index in [0.717, 1.165) is 32.0 Å². The van der Waals surface area contributed by atoms with Crippen molar-refractivity contribution in [3.05, 3.63) is 51.9 Å². The SMILES string of the molecule is COC(=O)c1c(NC(C)=O)c2c(C)c(C)sc2n1Cc1nc(-c2ccc(OC)cc2)oc1C. The van der Waals surface area contributed by atoms with Gasteiger partial charge >= 0.3 is 5.97 Å². The highest BCUT2D eigenvalue weighted by Crippen LogP contribution is 2.41. The molecule has 0 atom stereocenters. The lowest BCUT2D eigenvalue weighted by Gasteiger charge is -2.10. The number of carbonyl (C=O) groups is 2. The van der Waals surface area contributed by atoms with Crippen LogP contribution in [-0.2, 0) is 16.1 Å². The molecule has 0 aliphatic heterocycles. The summed E-state index contributed by atoms with van der Waals surface area (Å²) >= 11 is 1.56. The van der Waals surface area contributed by atoms with Crippen molar-refractivity contribution in [2.45, 2.75) is 34.2 Å². The van der Waals surface area contributed by atoms with Gasteiger partial charge in [0.25, 0.3) is 0 Å². The number of amides is 1. The van der Waals surface area contributed by atoms with Gasteiger partial charge in [-0.1, -0.05) is 0 Å². The van der Waals surface area contributed by atoms with Crippen LogP contribution in [0, 0.1) is 20.8 Å². The number of nitrogens with zero attached hydrogens (tertiary/aromatic N) is 2. The Morgan fingerprint density at radius 3 is 2.45 bits per heavy atom. The van der Waals surface area contributed by atoms with E-state index >= 15 is 0 Å². The predicted molar refractivity (Wildman–Crippen MR) is 127 cm³/mol. The molecule has 9 heteroatoms. The Labute approximate surface area is 195 Å². The largest absolute Gasteiger partial charge is 0.497 e. The molecule has 0 saturated heterocycles. The van der Waals surface area contributed by atoms with E-state index in [1.165, 1.54) is 14.0 Å². The van der Waals surface area contributed by atoms with Gasteiger partial charge < -0.3 is 23.8 Å². The zero-order valence-electron chi connectivity index (χ0n) is 19.4. The molecule has 33 heavy (non-hydrogen) atoms. The minimum absolute atomic E-state index is 0.262. The second-order valence-corrected chi connectivity index (χ2v) is 8.90. The van der Waals surface area contributed by atoms with Crippen LogP contribution < -0.4 is 10.1 Å². The van der Waals surface area contributed by atoms with Crippen molar-refractivity contribution in [2.24, 2.45) is 0 Å². The molecular weight excluding hydrogens is 442 g/mol. The molecule has 0 bridgehead atoms. The molecule has 1 amide bonds. The molecular formula is C24H25N3O5S. The maximum atomic E-state index is 12.8. The maximum Gasteiger partial charge on any atom is 0.356 e. The summed E-state index contributed by atoms with van der Waals surface area (Å²) in [6, 6.07) is 7.44. The van der Waals surface area contributed by atoms with Crippen molar-refractivity contribution < 1.29 is 23.5 Å². The highest BCUT2D eigenvalue weighted by atomic mass is 32.1. The van der Waals surface area contributed by atoms with Crippen molar-refractivity contribution in [2.75, 3.05) is 19.5 Å². The van der Waals surface area contributed by atoms with Gasteiger partial charge in [-0.15, -0.1) is 11.3 Å². The second-order valence-electron chi connectivity index (χ2n) is 7.70. The first-order valence-corrected chi connectivity index (χ1v) is 11.2. The first-order chi connectivity index (χ1) is 15.7. The summed E-state index contributed by atoms with van der Waals surface area (Å²) in [4.78, 5) is 31.4. The Morgan fingerprint density at radius 1 is 1.15 bits per heavy atom. The number of anilines is 1. The van der Waals surface area contributed by atoms with Crippen molar-refractivity contribution >= 4 is 39.1 Å². The minimum Gasteiger partial charge on any atom is -0.497 e. The van der Waals surface area contributed by atoms with Crippen LogP contribution >= 0.6 is 11.3 Å². The number of fused-ring (bicyclic) bond motifs is 1. The van der Waals surface area contributed by atoms with E-state index in [4.69, 9.17) is 18.9 Å². The van der Waals surface area contributed by atoms with E-state index in [1.807, 2.05) is 49.6 Å². The normalized spacial score (nSPS) is 11.1. The molecule has 4 aromatic rings. The Kier molecular flexibility index (Phi) is 5.99. The molecule has 3 aromatic heterocycles. The fourth-order valence-electron chi connectivity index (χ4n) is 3.79. The Morgan fingerprint density at radius 2 is 1.85 bits per heavy atom. The molecule has 0 saturated carbocycles. The van der Waals surface area contributed by atoms with Crippen molar-refractivity contribution in [1.82, 2.24) is 9.55 Å². The third kappa shape index (κ3) is 4.00. The quantitative estimate of drug-likeness (QED) is 0.397. The average molecular weight is 468 g/mol. The van der Waals surface area contributed by atoms with Gasteiger partial charge in [-0.05, 0) is 50.6 Å². The summed E-state index contributed by atoms with van der Waals surface area (Å²) in [7, 11) is 2.94. The predicted octanol–water partition coefficient (Wildman–Crippen LogP) is 5.08. The highest BCUT2D eigenvalue weighted by molar-refractivity contribution is 7.19. The summed E-state index contributed by atoms with van der Waals surface area (Å²) in [5.41, 5.74) is 3.25. The number of hydrogen-bond donors (Lipinski definition) is 1. The van der Waals surface area contributed by atoms with E-state index in [9.17, 15) is 9.59 Å². The Hall–Kier alpha value is -3.59. The summed E-state index contributed by atoms with van der Waals surface area (Å²) in [6.45, 7) is 7.54. The van der Waals surface area contributed by atoms with Gasteiger partial charge in [0, 0.05) is 22.8 Å². The molecule has 0 radical (unpaired) electrons. The average Bonchev–Trinajstić information content (AvgIpc) is 3.40. The number of oxazole rings is 1. The van der Waals surface area contributed by atoms with Crippen LogP contribution in [0.4, 0.5) is 5.69 Å². The van der Waals surface area contributed by atoms with Crippen molar-refractivity contribution in [3.8, 4) is 17.2 Å². The maximum absolute atomic E-state index is 12.8. The van der Waals surface area contributed by atoms with Gasteiger partial charge in [0.1, 0.15) is 22.0 Å². The van der Waals surface area contributed by atoms with E-state index in [1.54, 1.807) is 18.4 Å². The molecule has 0 unspecified atom stereocenters. The van der Waals surface area contributed by atoms with E-state index < -0.39 is 5.97 Å². The molecule has 0 aliphatic rings. The number of thiophene rings is 1. The number of hydrogen-bond acceptors (Lipinski definition) is 7. The van der Waals surface area contributed by atoms with E-state index in [0.29, 0.717) is 23.0 Å². The lowest BCUT2D eigenvalue weighted by molar-refractivity contribution is -0.114. The molecule has 0 fully saturated rings. The molecule has 3 heterocycles. The van der Waals surface area contributed by atoms with Crippen LogP contribution in [0.5, 0.6) is 5.75 Å². The fraction of sp³-hybridized carbons (Fsp3) is 0.292. The van der Waals surface area contributed by atoms with Crippen LogP contribution in [-0.4, -0.2) is 35.6 Å². The molecule has 0 aliphatic carbocycles. The number of nitrogens with one attached hydrogen (secondary N) is 1. The molecule has 0 spiro atoms. The fourth-order valence-corrected chi connectivity index (χ4v) is 4.96. The number of benzene rings is 1. The van der Waals surface area contributed by atoms with Gasteiger partial charge in [0.05, 0.1) is 26.5 Å². The van der Waals surface area contributed by atoms with Crippen molar-refractivity contribution in [3.63, 3.8) is 0 Å². The summed E-state index contributed by atoms with van der Waals surface area (Å²) in [5.74, 6) is 1.07. The van der Waals surface area contributed by atoms with Gasteiger partial charge in [-0.2, -0.15) is 0 Å². The van der Waals surface area contributed by atoms with Crippen LogP contribution in [0.1, 0.15) is 39.3 Å². The zero-order valence-corrected chi connectivity index (χ0v) is 20.2. The highest BCUT2D eigenvalue weighted by Gasteiger charge is 2.28. The number of aromatic nitrogens is 2. The summed E-state index contributed by atoms with van der Waals surface area (Å²) in [6.07, 6.45) is 0. The van der Waals surface area contributed by atoms with Crippen LogP contribution in [0.25, 0.3) is 21.7 Å². The first-order valence-electron chi connectivity index (χ1n) is 10.3. The number of aryl methyl sites for hydroxylation is 3. The van der Waals surface area contributed by atoms with Gasteiger partial charge in [-0.25, -0.2) is 9.78 Å². The molecule has 8 nitrogen and oxygen atoms in total. The third-order valence-electron chi connectivity index (χ3n) is 5.59. The summed E-state index contributed by atoms with van der Waals surface area (Å²) in [5, 5.41) is 3.68. The van der Waals surface area contributed by atoms with E-state index in [2.05, 4.69) is 5.32 Å². The zero-order chi connectivity index (χ0) is 23.9. The van der Waals surface area contributed by atoms with Crippen LogP contribution in [0.15, 0.2) is 28.7 Å². The monoisotopic (exact) mass is 467 g/mol. The number of esters is 1. The van der Waals surface area contributed by atoms with Gasteiger partial charge in [0.15, 0.2) is 5.69 Å². The number of ether oxygens (including phenoxy) is 2. The molecule has 1 aromatic carbocycles. The summed E-state index contributed by atoms with van der Waals surface area (Å²) < 4.78 is 18.1. The number of rotatable bonds is 6. The molecule has 172 valence electrons. The van der Waals surface area contributed by atoms with Gasteiger partial charge in [0.2, 0.25) is 11.8 Å². The standard InChI is InChI=1S/C24H25N3O5S/c1-12-14(3)33-23-19(12)20(25-15(4)28)21(24(29)31-6)27(23)11-18-13(2)32-22(26-18)16-7-9-17(30-5)10-8-16/h7-10H,11H2,1-6H3,(H,25,28). The second kappa shape index (κ2) is 8.74. The van der Waals surface area contributed by atoms with Crippen molar-refractivity contribution in [1.29, 1.82) is 0 Å². The van der Waals surface area contributed by atoms with E-state index in [-0.39, 0.29) is 18.1 Å². The Balaban J connectivity index is 1.85. The number of methoxy groups -OCH3 is 2. The Bertz CT molecular complexity index is 1360. The molecule has 4 rings (SSSR count). The van der Waals surface area contributed by atoms with Crippen LogP contribution in [0.3, 0.4) is 0 Å².